The molecule has 0 bridgehead atoms. The Bertz CT molecular complexity index is 550. The minimum absolute atomic E-state index is 0.162. The van der Waals surface area contributed by atoms with Crippen LogP contribution < -0.4 is 9.46 Å². The third-order valence-electron chi connectivity index (χ3n) is 3.38. The van der Waals surface area contributed by atoms with Crippen LogP contribution in [0.1, 0.15) is 18.4 Å². The molecule has 0 amide bonds. The van der Waals surface area contributed by atoms with Crippen molar-refractivity contribution in [1.82, 2.24) is 4.72 Å². The normalized spacial score (nSPS) is 22.9. The van der Waals surface area contributed by atoms with Gasteiger partial charge in [-0.25, -0.2) is 13.1 Å². The van der Waals surface area contributed by atoms with E-state index in [1.807, 2.05) is 6.92 Å². The molecule has 0 heterocycles. The van der Waals surface area contributed by atoms with Gasteiger partial charge < -0.3 is 9.84 Å². The maximum atomic E-state index is 12.2. The molecule has 1 aromatic rings. The first-order chi connectivity index (χ1) is 8.92. The van der Waals surface area contributed by atoms with Crippen LogP contribution in [0.2, 0.25) is 0 Å². The maximum Gasteiger partial charge on any atom is 0.244 e. The largest absolute Gasteiger partial charge is 0.495 e. The summed E-state index contributed by atoms with van der Waals surface area (Å²) in [4.78, 5) is 0.162. The molecule has 2 N–H and O–H groups in total. The fraction of sp³-hybridized carbons (Fsp3) is 0.538. The summed E-state index contributed by atoms with van der Waals surface area (Å²) in [6.07, 6.45) is 1.05. The maximum absolute atomic E-state index is 12.2. The smallest absolute Gasteiger partial charge is 0.244 e. The summed E-state index contributed by atoms with van der Waals surface area (Å²) in [6.45, 7) is 2.19. The topological polar surface area (TPSA) is 75.6 Å². The van der Waals surface area contributed by atoms with E-state index in [1.54, 1.807) is 18.2 Å². The van der Waals surface area contributed by atoms with Crippen LogP contribution in [-0.2, 0) is 10.0 Å². The lowest BCUT2D eigenvalue weighted by Gasteiger charge is -2.31. The van der Waals surface area contributed by atoms with Gasteiger partial charge >= 0.3 is 0 Å². The second-order valence-corrected chi connectivity index (χ2v) is 6.73. The van der Waals surface area contributed by atoms with Crippen LogP contribution in [0.25, 0.3) is 0 Å². The number of sulfonamides is 1. The number of aliphatic hydroxyl groups is 1. The molecule has 0 saturated heterocycles. The molecule has 0 radical (unpaired) electrons. The number of rotatable bonds is 5. The number of ether oxygens (including phenoxy) is 1. The van der Waals surface area contributed by atoms with Crippen LogP contribution in [0, 0.1) is 12.8 Å². The number of aliphatic hydroxyl groups excluding tert-OH is 1. The highest BCUT2D eigenvalue weighted by Crippen LogP contribution is 2.28. The van der Waals surface area contributed by atoms with E-state index in [4.69, 9.17) is 4.74 Å². The molecule has 0 atom stereocenters. The van der Waals surface area contributed by atoms with Gasteiger partial charge in [-0.3, -0.25) is 0 Å². The van der Waals surface area contributed by atoms with Crippen molar-refractivity contribution in [1.29, 1.82) is 0 Å². The van der Waals surface area contributed by atoms with Crippen LogP contribution in [0.4, 0.5) is 0 Å². The van der Waals surface area contributed by atoms with Crippen LogP contribution in [0.5, 0.6) is 5.75 Å². The highest BCUT2D eigenvalue weighted by atomic mass is 32.2. The fourth-order valence-electron chi connectivity index (χ4n) is 2.17. The zero-order valence-electron chi connectivity index (χ0n) is 11.1. The lowest BCUT2D eigenvalue weighted by molar-refractivity contribution is 0.0453. The molecule has 1 fully saturated rings. The lowest BCUT2D eigenvalue weighted by atomic mass is 9.83. The number of benzene rings is 1. The Balaban J connectivity index is 2.12. The van der Waals surface area contributed by atoms with Gasteiger partial charge in [-0.05, 0) is 43.4 Å². The second-order valence-electron chi connectivity index (χ2n) is 5.00. The molecule has 1 saturated carbocycles. The summed E-state index contributed by atoms with van der Waals surface area (Å²) in [7, 11) is -2.12. The quantitative estimate of drug-likeness (QED) is 0.848. The zero-order chi connectivity index (χ0) is 14.0. The van der Waals surface area contributed by atoms with Crippen molar-refractivity contribution >= 4 is 10.0 Å². The Hall–Kier alpha value is -1.11. The van der Waals surface area contributed by atoms with Gasteiger partial charge in [-0.15, -0.1) is 0 Å². The highest BCUT2D eigenvalue weighted by Gasteiger charge is 2.29. The van der Waals surface area contributed by atoms with Gasteiger partial charge in [0.1, 0.15) is 10.6 Å². The number of hydrogen-bond donors (Lipinski definition) is 2. The Morgan fingerprint density at radius 3 is 2.68 bits per heavy atom. The predicted octanol–water partition coefficient (Wildman–Crippen LogP) is 1.05. The van der Waals surface area contributed by atoms with Crippen LogP contribution in [0.15, 0.2) is 23.1 Å². The van der Waals surface area contributed by atoms with Gasteiger partial charge in [-0.1, -0.05) is 6.07 Å². The first-order valence-electron chi connectivity index (χ1n) is 6.24. The predicted molar refractivity (Wildman–Crippen MR) is 71.7 cm³/mol. The molecule has 1 aromatic carbocycles. The average Bonchev–Trinajstić information content (AvgIpc) is 2.33. The zero-order valence-corrected chi connectivity index (χ0v) is 11.9. The van der Waals surface area contributed by atoms with E-state index < -0.39 is 10.0 Å². The Labute approximate surface area is 113 Å². The summed E-state index contributed by atoms with van der Waals surface area (Å²) in [5, 5.41) is 9.19. The van der Waals surface area contributed by atoms with Crippen LogP contribution in [0.3, 0.4) is 0 Å². The molecule has 0 unspecified atom stereocenters. The average molecular weight is 285 g/mol. The van der Waals surface area contributed by atoms with Crippen molar-refractivity contribution in [3.8, 4) is 5.75 Å². The lowest BCUT2D eigenvalue weighted by Crippen LogP contribution is -2.38. The van der Waals surface area contributed by atoms with Crippen LogP contribution >= 0.6 is 0 Å². The highest BCUT2D eigenvalue weighted by molar-refractivity contribution is 7.89. The Morgan fingerprint density at radius 1 is 1.42 bits per heavy atom. The second kappa shape index (κ2) is 5.48. The number of hydrogen-bond acceptors (Lipinski definition) is 4. The third kappa shape index (κ3) is 3.26. The summed E-state index contributed by atoms with van der Waals surface area (Å²) >= 11 is 0. The monoisotopic (exact) mass is 285 g/mol. The first kappa shape index (κ1) is 14.3. The van der Waals surface area contributed by atoms with Crippen LogP contribution in [-0.4, -0.2) is 33.3 Å². The van der Waals surface area contributed by atoms with Gasteiger partial charge in [0.15, 0.2) is 0 Å². The van der Waals surface area contributed by atoms with E-state index in [2.05, 4.69) is 4.72 Å². The summed E-state index contributed by atoms with van der Waals surface area (Å²) in [6, 6.07) is 5.05. The van der Waals surface area contributed by atoms with Gasteiger partial charge in [0, 0.05) is 6.54 Å². The fourth-order valence-corrected chi connectivity index (χ4v) is 3.53. The van der Waals surface area contributed by atoms with E-state index in [1.165, 1.54) is 7.11 Å². The van der Waals surface area contributed by atoms with E-state index in [0.717, 1.165) is 5.56 Å². The van der Waals surface area contributed by atoms with Gasteiger partial charge in [0.25, 0.3) is 0 Å². The first-order valence-corrected chi connectivity index (χ1v) is 7.73. The number of nitrogens with one attached hydrogen (secondary N) is 1. The van der Waals surface area contributed by atoms with Crippen molar-refractivity contribution in [2.24, 2.45) is 5.92 Å². The van der Waals surface area contributed by atoms with E-state index in [9.17, 15) is 13.5 Å². The minimum atomic E-state index is -3.57. The molecule has 1 aliphatic rings. The van der Waals surface area contributed by atoms with E-state index in [0.29, 0.717) is 25.1 Å². The molecular weight excluding hydrogens is 266 g/mol. The van der Waals surface area contributed by atoms with E-state index >= 15 is 0 Å². The summed E-state index contributed by atoms with van der Waals surface area (Å²) in [5.74, 6) is 0.562. The Kier molecular flexibility index (Phi) is 4.13. The van der Waals surface area contributed by atoms with Gasteiger partial charge in [0.2, 0.25) is 10.0 Å². The SMILES string of the molecule is COc1ccc(C)cc1S(=O)(=O)NCC1CC(O)C1. The molecule has 1 aliphatic carbocycles. The van der Waals surface area contributed by atoms with Crippen molar-refractivity contribution in [3.05, 3.63) is 23.8 Å². The van der Waals surface area contributed by atoms with Crippen molar-refractivity contribution in [3.63, 3.8) is 0 Å². The van der Waals surface area contributed by atoms with Gasteiger partial charge in [0.05, 0.1) is 13.2 Å². The van der Waals surface area contributed by atoms with Crippen molar-refractivity contribution in [2.75, 3.05) is 13.7 Å². The van der Waals surface area contributed by atoms with Crippen molar-refractivity contribution < 1.29 is 18.3 Å². The molecule has 0 aromatic heterocycles. The summed E-state index contributed by atoms with van der Waals surface area (Å²) < 4.78 is 32.1. The third-order valence-corrected chi connectivity index (χ3v) is 4.83. The standard InChI is InChI=1S/C13H19NO4S/c1-9-3-4-12(18-2)13(5-9)19(16,17)14-8-10-6-11(15)7-10/h3-5,10-11,14-15H,6-8H2,1-2H3. The summed E-state index contributed by atoms with van der Waals surface area (Å²) in [5.41, 5.74) is 0.861. The molecule has 19 heavy (non-hydrogen) atoms. The molecule has 0 spiro atoms. The molecular formula is C13H19NO4S. The minimum Gasteiger partial charge on any atom is -0.495 e. The molecule has 2 rings (SSSR count). The molecule has 5 nitrogen and oxygen atoms in total. The number of methoxy groups -OCH3 is 1. The van der Waals surface area contributed by atoms with E-state index in [-0.39, 0.29) is 16.9 Å². The molecule has 106 valence electrons. The molecule has 0 aliphatic heterocycles. The number of aryl methyl sites for hydroxylation is 1. The molecule has 6 heteroatoms. The van der Waals surface area contributed by atoms with Crippen molar-refractivity contribution in [2.45, 2.75) is 30.8 Å². The van der Waals surface area contributed by atoms with Gasteiger partial charge in [-0.2, -0.15) is 0 Å². The Morgan fingerprint density at radius 2 is 2.11 bits per heavy atom.